The quantitative estimate of drug-likeness (QED) is 0.769. The van der Waals surface area contributed by atoms with Crippen LogP contribution in [0.1, 0.15) is 15.9 Å². The van der Waals surface area contributed by atoms with Gasteiger partial charge in [0, 0.05) is 23.6 Å². The molecule has 0 aromatic heterocycles. The van der Waals surface area contributed by atoms with Crippen LogP contribution in [-0.2, 0) is 5.75 Å². The number of nitrogens with zero attached hydrogens (tertiary/aromatic N) is 1. The molecule has 4 nitrogen and oxygen atoms in total. The second-order valence-electron chi connectivity index (χ2n) is 4.19. The van der Waals surface area contributed by atoms with Crippen LogP contribution < -0.4 is 4.74 Å². The minimum absolute atomic E-state index is 0.305. The Labute approximate surface area is 112 Å². The van der Waals surface area contributed by atoms with Crippen molar-refractivity contribution in [3.8, 4) is 5.75 Å². The Morgan fingerprint density at radius 1 is 1.44 bits per heavy atom. The minimum Gasteiger partial charge on any atom is -0.496 e. The number of hydrogen-bond donors (Lipinski definition) is 1. The summed E-state index contributed by atoms with van der Waals surface area (Å²) in [6.45, 7) is 1.01. The normalized spacial score (nSPS) is 10.7. The first-order chi connectivity index (χ1) is 8.54. The van der Waals surface area contributed by atoms with E-state index in [9.17, 15) is 4.79 Å². The van der Waals surface area contributed by atoms with E-state index >= 15 is 0 Å². The van der Waals surface area contributed by atoms with Gasteiger partial charge in [-0.05, 0) is 32.3 Å². The highest BCUT2D eigenvalue weighted by Crippen LogP contribution is 2.24. The van der Waals surface area contributed by atoms with Crippen molar-refractivity contribution in [1.29, 1.82) is 0 Å². The predicted molar refractivity (Wildman–Crippen MR) is 74.7 cm³/mol. The summed E-state index contributed by atoms with van der Waals surface area (Å²) in [6.07, 6.45) is 0. The van der Waals surface area contributed by atoms with Crippen LogP contribution in [0.2, 0.25) is 0 Å². The molecule has 1 aromatic rings. The molecule has 0 radical (unpaired) electrons. The highest BCUT2D eigenvalue weighted by Gasteiger charge is 2.08. The zero-order chi connectivity index (χ0) is 13.5. The summed E-state index contributed by atoms with van der Waals surface area (Å²) in [4.78, 5) is 13.0. The van der Waals surface area contributed by atoms with E-state index in [4.69, 9.17) is 9.84 Å². The molecule has 0 amide bonds. The Balaban J connectivity index is 2.66. The smallest absolute Gasteiger partial charge is 0.335 e. The lowest BCUT2D eigenvalue weighted by atomic mass is 10.1. The molecule has 1 aromatic carbocycles. The zero-order valence-corrected chi connectivity index (χ0v) is 11.8. The maximum absolute atomic E-state index is 10.9. The molecule has 0 bridgehead atoms. The summed E-state index contributed by atoms with van der Waals surface area (Å²) in [5.41, 5.74) is 1.24. The lowest BCUT2D eigenvalue weighted by Crippen LogP contribution is -2.14. The predicted octanol–water partition coefficient (Wildman–Crippen LogP) is 2.19. The molecule has 0 heterocycles. The summed E-state index contributed by atoms with van der Waals surface area (Å²) in [5, 5.41) is 8.96. The highest BCUT2D eigenvalue weighted by atomic mass is 32.2. The third-order valence-corrected chi connectivity index (χ3v) is 3.45. The van der Waals surface area contributed by atoms with Gasteiger partial charge in [-0.3, -0.25) is 0 Å². The Morgan fingerprint density at radius 2 is 2.17 bits per heavy atom. The first-order valence-electron chi connectivity index (χ1n) is 5.67. The fraction of sp³-hybridized carbons (Fsp3) is 0.462. The van der Waals surface area contributed by atoms with Crippen LogP contribution in [0.5, 0.6) is 5.75 Å². The molecule has 1 N–H and O–H groups in total. The third kappa shape index (κ3) is 4.58. The van der Waals surface area contributed by atoms with Gasteiger partial charge in [-0.1, -0.05) is 0 Å². The minimum atomic E-state index is -0.905. The van der Waals surface area contributed by atoms with Crippen molar-refractivity contribution in [2.24, 2.45) is 0 Å². The molecule has 0 aliphatic carbocycles. The molecule has 0 unspecified atom stereocenters. The van der Waals surface area contributed by atoms with Gasteiger partial charge in [0.25, 0.3) is 0 Å². The molecule has 0 aliphatic rings. The Hall–Kier alpha value is -1.20. The summed E-state index contributed by atoms with van der Waals surface area (Å²) >= 11 is 1.77. The van der Waals surface area contributed by atoms with Gasteiger partial charge in [0.05, 0.1) is 12.7 Å². The Bertz CT molecular complexity index is 407. The molecule has 0 atom stereocenters. The first-order valence-corrected chi connectivity index (χ1v) is 6.82. The van der Waals surface area contributed by atoms with Gasteiger partial charge in [0.2, 0.25) is 0 Å². The van der Waals surface area contributed by atoms with Crippen LogP contribution in [-0.4, -0.2) is 49.5 Å². The first kappa shape index (κ1) is 14.9. The molecule has 0 saturated carbocycles. The van der Waals surface area contributed by atoms with Crippen molar-refractivity contribution in [1.82, 2.24) is 4.90 Å². The van der Waals surface area contributed by atoms with Gasteiger partial charge in [-0.2, -0.15) is 11.8 Å². The number of aromatic carboxylic acids is 1. The summed E-state index contributed by atoms with van der Waals surface area (Å²) < 4.78 is 5.24. The number of carboxylic acids is 1. The van der Waals surface area contributed by atoms with Gasteiger partial charge in [-0.25, -0.2) is 4.79 Å². The van der Waals surface area contributed by atoms with Gasteiger partial charge in [0.1, 0.15) is 5.75 Å². The number of rotatable bonds is 7. The maximum Gasteiger partial charge on any atom is 0.335 e. The molecule has 1 rings (SSSR count). The molecule has 0 aliphatic heterocycles. The van der Waals surface area contributed by atoms with E-state index in [-0.39, 0.29) is 0 Å². The number of ether oxygens (including phenoxy) is 1. The lowest BCUT2D eigenvalue weighted by Gasteiger charge is -2.11. The largest absolute Gasteiger partial charge is 0.496 e. The Morgan fingerprint density at radius 3 is 2.72 bits per heavy atom. The van der Waals surface area contributed by atoms with Crippen molar-refractivity contribution in [2.45, 2.75) is 5.75 Å². The number of hydrogen-bond acceptors (Lipinski definition) is 4. The molecule has 0 spiro atoms. The molecular formula is C13H19NO3S. The SMILES string of the molecule is COc1ccc(C(=O)O)cc1CSCCN(C)C. The lowest BCUT2D eigenvalue weighted by molar-refractivity contribution is 0.0696. The van der Waals surface area contributed by atoms with Crippen molar-refractivity contribution in [3.63, 3.8) is 0 Å². The second-order valence-corrected chi connectivity index (χ2v) is 5.29. The number of carboxylic acid groups (broad SMARTS) is 1. The van der Waals surface area contributed by atoms with Gasteiger partial charge in [-0.15, -0.1) is 0 Å². The molecule has 0 fully saturated rings. The monoisotopic (exact) mass is 269 g/mol. The van der Waals surface area contributed by atoms with Crippen LogP contribution in [0.4, 0.5) is 0 Å². The van der Waals surface area contributed by atoms with E-state index in [0.29, 0.717) is 5.56 Å². The summed E-state index contributed by atoms with van der Waals surface area (Å²) in [6, 6.07) is 4.96. The van der Waals surface area contributed by atoms with Gasteiger partial charge in [0.15, 0.2) is 0 Å². The van der Waals surface area contributed by atoms with Crippen molar-refractivity contribution in [2.75, 3.05) is 33.5 Å². The van der Waals surface area contributed by atoms with Gasteiger partial charge >= 0.3 is 5.97 Å². The molecule has 100 valence electrons. The van der Waals surface area contributed by atoms with Crippen LogP contribution in [0.3, 0.4) is 0 Å². The summed E-state index contributed by atoms with van der Waals surface area (Å²) in [5.74, 6) is 1.61. The van der Waals surface area contributed by atoms with E-state index in [0.717, 1.165) is 29.4 Å². The van der Waals surface area contributed by atoms with Gasteiger partial charge < -0.3 is 14.7 Å². The third-order valence-electron chi connectivity index (χ3n) is 2.47. The maximum atomic E-state index is 10.9. The summed E-state index contributed by atoms with van der Waals surface area (Å²) in [7, 11) is 5.67. The van der Waals surface area contributed by atoms with Crippen LogP contribution in [0.25, 0.3) is 0 Å². The average Bonchev–Trinajstić information content (AvgIpc) is 2.34. The topological polar surface area (TPSA) is 49.8 Å². The molecule has 18 heavy (non-hydrogen) atoms. The van der Waals surface area contributed by atoms with E-state index < -0.39 is 5.97 Å². The van der Waals surface area contributed by atoms with Crippen molar-refractivity contribution >= 4 is 17.7 Å². The van der Waals surface area contributed by atoms with Crippen LogP contribution in [0.15, 0.2) is 18.2 Å². The van der Waals surface area contributed by atoms with Crippen LogP contribution >= 0.6 is 11.8 Å². The zero-order valence-electron chi connectivity index (χ0n) is 11.0. The second kappa shape index (κ2) is 7.28. The fourth-order valence-electron chi connectivity index (χ4n) is 1.45. The van der Waals surface area contributed by atoms with E-state index in [1.807, 2.05) is 14.1 Å². The van der Waals surface area contributed by atoms with E-state index in [1.165, 1.54) is 0 Å². The number of carbonyl (C=O) groups is 1. The number of thioether (sulfide) groups is 1. The standard InChI is InChI=1S/C13H19NO3S/c1-14(2)6-7-18-9-11-8-10(13(15)16)4-5-12(11)17-3/h4-5,8H,6-7,9H2,1-3H3,(H,15,16). The van der Waals surface area contributed by atoms with E-state index in [1.54, 1.807) is 37.1 Å². The van der Waals surface area contributed by atoms with E-state index in [2.05, 4.69) is 4.90 Å². The molecule has 5 heteroatoms. The number of methoxy groups -OCH3 is 1. The fourth-order valence-corrected chi connectivity index (χ4v) is 2.54. The Kier molecular flexibility index (Phi) is 6.01. The van der Waals surface area contributed by atoms with Crippen molar-refractivity contribution in [3.05, 3.63) is 29.3 Å². The highest BCUT2D eigenvalue weighted by molar-refractivity contribution is 7.98. The van der Waals surface area contributed by atoms with Crippen LogP contribution in [0, 0.1) is 0 Å². The molecule has 0 saturated heterocycles. The molecular weight excluding hydrogens is 250 g/mol. The van der Waals surface area contributed by atoms with Crippen molar-refractivity contribution < 1.29 is 14.6 Å². The average molecular weight is 269 g/mol. The number of benzene rings is 1.